The van der Waals surface area contributed by atoms with Gasteiger partial charge in [-0.25, -0.2) is 0 Å². The molecule has 6 heteroatoms. The van der Waals surface area contributed by atoms with E-state index in [0.29, 0.717) is 28.3 Å². The molecule has 1 aromatic heterocycles. The van der Waals surface area contributed by atoms with Gasteiger partial charge in [-0.1, -0.05) is 0 Å². The van der Waals surface area contributed by atoms with Crippen LogP contribution in [0.25, 0.3) is 0 Å². The second kappa shape index (κ2) is 6.01. The van der Waals surface area contributed by atoms with Crippen molar-refractivity contribution in [2.75, 3.05) is 17.7 Å². The Morgan fingerprint density at radius 3 is 2.67 bits per heavy atom. The minimum absolute atomic E-state index is 0.151. The molecule has 0 atom stereocenters. The van der Waals surface area contributed by atoms with Crippen LogP contribution in [-0.2, 0) is 4.79 Å². The fourth-order valence-electron chi connectivity index (χ4n) is 1.73. The Morgan fingerprint density at radius 2 is 2.05 bits per heavy atom. The Labute approximate surface area is 122 Å². The Balaban J connectivity index is 1.98. The van der Waals surface area contributed by atoms with Crippen LogP contribution in [0, 0.1) is 25.2 Å². The lowest BCUT2D eigenvalue weighted by Crippen LogP contribution is -2.20. The van der Waals surface area contributed by atoms with Crippen LogP contribution < -0.4 is 15.8 Å². The summed E-state index contributed by atoms with van der Waals surface area (Å²) < 4.78 is 10.7. The van der Waals surface area contributed by atoms with Crippen molar-refractivity contribution in [2.24, 2.45) is 0 Å². The first kappa shape index (κ1) is 14.5. The van der Waals surface area contributed by atoms with Crippen LogP contribution in [0.3, 0.4) is 0 Å². The van der Waals surface area contributed by atoms with Gasteiger partial charge >= 0.3 is 0 Å². The highest BCUT2D eigenvalue weighted by Crippen LogP contribution is 2.25. The van der Waals surface area contributed by atoms with Crippen molar-refractivity contribution >= 4 is 17.5 Å². The van der Waals surface area contributed by atoms with Gasteiger partial charge in [-0.2, -0.15) is 5.26 Å². The van der Waals surface area contributed by atoms with Crippen LogP contribution in [0.1, 0.15) is 16.9 Å². The van der Waals surface area contributed by atoms with Crippen molar-refractivity contribution in [2.45, 2.75) is 13.8 Å². The largest absolute Gasteiger partial charge is 0.484 e. The summed E-state index contributed by atoms with van der Waals surface area (Å²) in [5.74, 6) is 0.878. The first-order valence-electron chi connectivity index (χ1n) is 6.29. The van der Waals surface area contributed by atoms with E-state index >= 15 is 0 Å². The second-order valence-corrected chi connectivity index (χ2v) is 4.51. The molecule has 0 saturated heterocycles. The highest BCUT2D eigenvalue weighted by molar-refractivity contribution is 5.92. The number of ether oxygens (including phenoxy) is 1. The number of nitrogens with two attached hydrogens (primary N) is 1. The molecule has 0 aliphatic carbocycles. The van der Waals surface area contributed by atoms with Gasteiger partial charge < -0.3 is 14.9 Å². The van der Waals surface area contributed by atoms with Gasteiger partial charge in [0.05, 0.1) is 0 Å². The molecular weight excluding hydrogens is 270 g/mol. The third-order valence-electron chi connectivity index (χ3n) is 3.00. The number of carbonyl (C=O) groups excluding carboxylic acids is 1. The number of hydrogen-bond donors (Lipinski definition) is 2. The van der Waals surface area contributed by atoms with E-state index in [0.717, 1.165) is 0 Å². The van der Waals surface area contributed by atoms with Crippen LogP contribution in [0.15, 0.2) is 28.7 Å². The van der Waals surface area contributed by atoms with Crippen LogP contribution >= 0.6 is 0 Å². The maximum Gasteiger partial charge on any atom is 0.264 e. The highest BCUT2D eigenvalue weighted by Gasteiger charge is 2.16. The average molecular weight is 285 g/mol. The lowest BCUT2D eigenvalue weighted by molar-refractivity contribution is -0.118. The summed E-state index contributed by atoms with van der Waals surface area (Å²) in [5, 5.41) is 11.6. The Hall–Kier alpha value is -2.94. The molecule has 3 N–H and O–H groups in total. The number of aryl methyl sites for hydroxylation is 1. The number of furan rings is 1. The number of nitrogens with zero attached hydrogens (tertiary/aromatic N) is 1. The van der Waals surface area contributed by atoms with Gasteiger partial charge in [-0.15, -0.1) is 0 Å². The third-order valence-corrected chi connectivity index (χ3v) is 3.00. The van der Waals surface area contributed by atoms with Crippen LogP contribution in [0.4, 0.5) is 11.6 Å². The molecule has 1 aromatic carbocycles. The molecule has 0 unspecified atom stereocenters. The summed E-state index contributed by atoms with van der Waals surface area (Å²) in [5.41, 5.74) is 7.22. The number of amides is 1. The van der Waals surface area contributed by atoms with Crippen LogP contribution in [-0.4, -0.2) is 12.5 Å². The van der Waals surface area contributed by atoms with Gasteiger partial charge in [0.2, 0.25) is 5.88 Å². The molecule has 21 heavy (non-hydrogen) atoms. The molecule has 108 valence electrons. The maximum atomic E-state index is 11.8. The average Bonchev–Trinajstić information content (AvgIpc) is 2.72. The molecule has 2 aromatic rings. The van der Waals surface area contributed by atoms with Crippen molar-refractivity contribution in [1.29, 1.82) is 5.26 Å². The number of nitriles is 1. The van der Waals surface area contributed by atoms with Crippen LogP contribution in [0.2, 0.25) is 0 Å². The molecule has 1 amide bonds. The first-order valence-corrected chi connectivity index (χ1v) is 6.29. The first-order chi connectivity index (χ1) is 10.0. The Bertz CT molecular complexity index is 696. The van der Waals surface area contributed by atoms with E-state index in [1.54, 1.807) is 38.1 Å². The zero-order valence-electron chi connectivity index (χ0n) is 11.8. The van der Waals surface area contributed by atoms with Crippen molar-refractivity contribution in [1.82, 2.24) is 0 Å². The standard InChI is InChI=1S/C15H15N3O3/c1-9-10(2)21-15(13(9)7-16)18-14(19)8-20-12-5-3-11(17)4-6-12/h3-6H,8,17H2,1-2H3,(H,18,19). The summed E-state index contributed by atoms with van der Waals surface area (Å²) >= 11 is 0. The summed E-state index contributed by atoms with van der Waals surface area (Å²) in [4.78, 5) is 11.8. The SMILES string of the molecule is Cc1oc(NC(=O)COc2ccc(N)cc2)c(C#N)c1C. The normalized spacial score (nSPS) is 9.95. The molecule has 1 heterocycles. The maximum absolute atomic E-state index is 11.8. The molecule has 0 bridgehead atoms. The zero-order valence-corrected chi connectivity index (χ0v) is 11.8. The summed E-state index contributed by atoms with van der Waals surface area (Å²) in [7, 11) is 0. The van der Waals surface area contributed by atoms with Gasteiger partial charge in [0.25, 0.3) is 5.91 Å². The highest BCUT2D eigenvalue weighted by atomic mass is 16.5. The summed E-state index contributed by atoms with van der Waals surface area (Å²) in [6.07, 6.45) is 0. The monoisotopic (exact) mass is 285 g/mol. The molecule has 0 aliphatic rings. The quantitative estimate of drug-likeness (QED) is 0.840. The molecule has 0 saturated carbocycles. The second-order valence-electron chi connectivity index (χ2n) is 4.51. The number of hydrogen-bond acceptors (Lipinski definition) is 5. The number of benzene rings is 1. The fraction of sp³-hybridized carbons (Fsp3) is 0.200. The van der Waals surface area contributed by atoms with E-state index in [4.69, 9.17) is 20.1 Å². The fourth-order valence-corrected chi connectivity index (χ4v) is 1.73. The molecule has 0 radical (unpaired) electrons. The zero-order chi connectivity index (χ0) is 15.4. The third kappa shape index (κ3) is 3.34. The van der Waals surface area contributed by atoms with Gasteiger partial charge in [0, 0.05) is 11.3 Å². The molecule has 0 spiro atoms. The van der Waals surface area contributed by atoms with Crippen molar-refractivity contribution in [3.63, 3.8) is 0 Å². The number of nitrogen functional groups attached to an aromatic ring is 1. The predicted octanol–water partition coefficient (Wildman–Crippen LogP) is 2.37. The van der Waals surface area contributed by atoms with Crippen molar-refractivity contribution in [3.05, 3.63) is 41.2 Å². The van der Waals surface area contributed by atoms with Crippen molar-refractivity contribution < 1.29 is 13.9 Å². The summed E-state index contributed by atoms with van der Waals surface area (Å²) in [6, 6.07) is 8.71. The molecule has 2 rings (SSSR count). The van der Waals surface area contributed by atoms with E-state index < -0.39 is 5.91 Å². The van der Waals surface area contributed by atoms with Gasteiger partial charge in [-0.05, 0) is 38.1 Å². The van der Waals surface area contributed by atoms with Gasteiger partial charge in [0.15, 0.2) is 6.61 Å². The van der Waals surface area contributed by atoms with E-state index in [9.17, 15) is 4.79 Å². The lowest BCUT2D eigenvalue weighted by atomic mass is 10.2. The number of carbonyl (C=O) groups is 1. The van der Waals surface area contributed by atoms with Gasteiger partial charge in [0.1, 0.15) is 23.1 Å². The van der Waals surface area contributed by atoms with Crippen LogP contribution in [0.5, 0.6) is 5.75 Å². The topological polar surface area (TPSA) is 101 Å². The van der Waals surface area contributed by atoms with E-state index in [1.807, 2.05) is 6.07 Å². The molecule has 0 fully saturated rings. The Kier molecular flexibility index (Phi) is 4.14. The lowest BCUT2D eigenvalue weighted by Gasteiger charge is -2.06. The number of rotatable bonds is 4. The minimum Gasteiger partial charge on any atom is -0.484 e. The summed E-state index contributed by atoms with van der Waals surface area (Å²) in [6.45, 7) is 3.31. The number of nitrogens with one attached hydrogen (secondary N) is 1. The minimum atomic E-state index is -0.405. The smallest absolute Gasteiger partial charge is 0.264 e. The predicted molar refractivity (Wildman–Crippen MR) is 77.9 cm³/mol. The molecule has 0 aliphatic heterocycles. The van der Waals surface area contributed by atoms with E-state index in [2.05, 4.69) is 5.32 Å². The number of anilines is 2. The van der Waals surface area contributed by atoms with Gasteiger partial charge in [-0.3, -0.25) is 10.1 Å². The Morgan fingerprint density at radius 1 is 1.38 bits per heavy atom. The van der Waals surface area contributed by atoms with Crippen molar-refractivity contribution in [3.8, 4) is 11.8 Å². The van der Waals surface area contributed by atoms with E-state index in [-0.39, 0.29) is 12.5 Å². The molecule has 6 nitrogen and oxygen atoms in total. The molecular formula is C15H15N3O3. The van der Waals surface area contributed by atoms with E-state index in [1.165, 1.54) is 0 Å².